The molecule has 152 valence electrons. The fourth-order valence-corrected chi connectivity index (χ4v) is 2.72. The molecule has 0 aliphatic heterocycles. The molecule has 0 radical (unpaired) electrons. The molecule has 0 unspecified atom stereocenters. The first kappa shape index (κ1) is 20.9. The summed E-state index contributed by atoms with van der Waals surface area (Å²) in [6.07, 6.45) is 0. The summed E-state index contributed by atoms with van der Waals surface area (Å²) in [4.78, 5) is 24.5. The Bertz CT molecular complexity index is 1130. The number of hydrogen-bond donors (Lipinski definition) is 4. The normalized spacial score (nSPS) is 11.1. The number of nitrogens with one attached hydrogen (secondary N) is 2. The zero-order valence-corrected chi connectivity index (χ0v) is 16.6. The van der Waals surface area contributed by atoms with Gasteiger partial charge in [-0.25, -0.2) is 5.43 Å². The molecule has 0 atom stereocenters. The molecule has 7 nitrogen and oxygen atoms in total. The van der Waals surface area contributed by atoms with Crippen molar-refractivity contribution in [3.8, 4) is 11.5 Å². The zero-order valence-electron chi connectivity index (χ0n) is 15.9. The molecule has 4 N–H and O–H groups in total. The van der Waals surface area contributed by atoms with Crippen LogP contribution in [0.25, 0.3) is 0 Å². The van der Waals surface area contributed by atoms with Gasteiger partial charge in [0.25, 0.3) is 11.8 Å². The smallest absolute Gasteiger partial charge is 0.275 e. The monoisotopic (exact) mass is 423 g/mol. The average Bonchev–Trinajstić information content (AvgIpc) is 2.74. The lowest BCUT2D eigenvalue weighted by atomic mass is 10.1. The van der Waals surface area contributed by atoms with Gasteiger partial charge in [-0.1, -0.05) is 23.7 Å². The Kier molecular flexibility index (Phi) is 6.34. The molecule has 0 saturated heterocycles. The highest BCUT2D eigenvalue weighted by atomic mass is 35.5. The molecule has 8 heteroatoms. The predicted molar refractivity (Wildman–Crippen MR) is 115 cm³/mol. The van der Waals surface area contributed by atoms with Gasteiger partial charge in [-0.2, -0.15) is 5.10 Å². The first-order chi connectivity index (χ1) is 14.3. The van der Waals surface area contributed by atoms with Crippen molar-refractivity contribution in [2.24, 2.45) is 5.10 Å². The van der Waals surface area contributed by atoms with E-state index in [2.05, 4.69) is 15.8 Å². The van der Waals surface area contributed by atoms with E-state index >= 15 is 0 Å². The minimum absolute atomic E-state index is 0.101. The van der Waals surface area contributed by atoms with Crippen LogP contribution in [0.1, 0.15) is 33.2 Å². The minimum Gasteiger partial charge on any atom is -0.508 e. The standard InChI is InChI=1S/C22H18ClN3O4/c1-13(25-26-22(30)19-12-18(27)9-10-20(19)28)15-3-2-4-17(11-15)24-21(29)14-5-7-16(23)8-6-14/h2-12,27-28H,1H3,(H,24,29)(H,26,30)/b25-13+. The molecular weight excluding hydrogens is 406 g/mol. The molecule has 30 heavy (non-hydrogen) atoms. The van der Waals surface area contributed by atoms with Crippen LogP contribution < -0.4 is 10.7 Å². The van der Waals surface area contributed by atoms with E-state index in [1.807, 2.05) is 0 Å². The van der Waals surface area contributed by atoms with E-state index < -0.39 is 5.91 Å². The fourth-order valence-electron chi connectivity index (χ4n) is 2.59. The maximum absolute atomic E-state index is 12.4. The van der Waals surface area contributed by atoms with Gasteiger partial charge in [-0.15, -0.1) is 0 Å². The molecule has 3 aromatic carbocycles. The van der Waals surface area contributed by atoms with Crippen LogP contribution in [-0.2, 0) is 0 Å². The molecule has 3 rings (SSSR count). The van der Waals surface area contributed by atoms with E-state index in [-0.39, 0.29) is 23.0 Å². The van der Waals surface area contributed by atoms with Crippen molar-refractivity contribution in [1.29, 1.82) is 0 Å². The summed E-state index contributed by atoms with van der Waals surface area (Å²) in [6.45, 7) is 1.68. The van der Waals surface area contributed by atoms with Gasteiger partial charge in [0, 0.05) is 16.3 Å². The molecule has 0 bridgehead atoms. The van der Waals surface area contributed by atoms with Crippen molar-refractivity contribution in [2.75, 3.05) is 5.32 Å². The van der Waals surface area contributed by atoms with Crippen LogP contribution in [0.4, 0.5) is 5.69 Å². The molecule has 0 spiro atoms. The van der Waals surface area contributed by atoms with Crippen LogP contribution in [0.3, 0.4) is 0 Å². The van der Waals surface area contributed by atoms with Gasteiger partial charge in [-0.3, -0.25) is 9.59 Å². The number of halogens is 1. The highest BCUT2D eigenvalue weighted by Crippen LogP contribution is 2.22. The first-order valence-corrected chi connectivity index (χ1v) is 9.25. The summed E-state index contributed by atoms with van der Waals surface area (Å²) in [6, 6.07) is 17.1. The van der Waals surface area contributed by atoms with Crippen LogP contribution in [-0.4, -0.2) is 27.7 Å². The number of amides is 2. The maximum Gasteiger partial charge on any atom is 0.275 e. The fraction of sp³-hybridized carbons (Fsp3) is 0.0455. The summed E-state index contributed by atoms with van der Waals surface area (Å²) in [7, 11) is 0. The second-order valence-corrected chi connectivity index (χ2v) is 6.82. The Labute approximate surface area is 177 Å². The zero-order chi connectivity index (χ0) is 21.7. The molecule has 0 saturated carbocycles. The van der Waals surface area contributed by atoms with Crippen molar-refractivity contribution >= 4 is 34.8 Å². The number of rotatable bonds is 5. The van der Waals surface area contributed by atoms with Gasteiger partial charge in [-0.05, 0) is 67.1 Å². The van der Waals surface area contributed by atoms with Crippen molar-refractivity contribution in [1.82, 2.24) is 5.43 Å². The third-order valence-corrected chi connectivity index (χ3v) is 4.45. The van der Waals surface area contributed by atoms with Gasteiger partial charge in [0.15, 0.2) is 0 Å². The maximum atomic E-state index is 12.4. The third-order valence-electron chi connectivity index (χ3n) is 4.19. The number of hydrazone groups is 1. The topological polar surface area (TPSA) is 111 Å². The summed E-state index contributed by atoms with van der Waals surface area (Å²) >= 11 is 5.84. The predicted octanol–water partition coefficient (Wildman–Crippen LogP) is 4.16. The number of anilines is 1. The molecule has 3 aromatic rings. The summed E-state index contributed by atoms with van der Waals surface area (Å²) in [5, 5.41) is 26.6. The quantitative estimate of drug-likeness (QED) is 0.280. The van der Waals surface area contributed by atoms with Crippen molar-refractivity contribution in [3.63, 3.8) is 0 Å². The third kappa shape index (κ3) is 5.15. The van der Waals surface area contributed by atoms with E-state index in [9.17, 15) is 19.8 Å². The Hall–Kier alpha value is -3.84. The second kappa shape index (κ2) is 9.11. The Balaban J connectivity index is 1.71. The van der Waals surface area contributed by atoms with Crippen LogP contribution in [0.15, 0.2) is 71.8 Å². The Morgan fingerprint density at radius 3 is 2.37 bits per heavy atom. The number of hydrogen-bond acceptors (Lipinski definition) is 5. The number of nitrogens with zero attached hydrogens (tertiary/aromatic N) is 1. The number of carbonyl (C=O) groups is 2. The molecule has 2 amide bonds. The Morgan fingerprint density at radius 2 is 1.63 bits per heavy atom. The summed E-state index contributed by atoms with van der Waals surface area (Å²) in [5.41, 5.74) is 4.40. The van der Waals surface area contributed by atoms with Gasteiger partial charge >= 0.3 is 0 Å². The minimum atomic E-state index is -0.671. The van der Waals surface area contributed by atoms with Gasteiger partial charge in [0.2, 0.25) is 0 Å². The number of phenolic OH excluding ortho intramolecular Hbond substituents is 2. The number of aromatic hydroxyl groups is 2. The summed E-state index contributed by atoms with van der Waals surface area (Å²) in [5.74, 6) is -1.38. The van der Waals surface area contributed by atoms with Gasteiger partial charge < -0.3 is 15.5 Å². The van der Waals surface area contributed by atoms with Crippen LogP contribution in [0.2, 0.25) is 5.02 Å². The highest BCUT2D eigenvalue weighted by Gasteiger charge is 2.12. The number of phenols is 2. The average molecular weight is 424 g/mol. The molecular formula is C22H18ClN3O4. The Morgan fingerprint density at radius 1 is 0.900 bits per heavy atom. The van der Waals surface area contributed by atoms with E-state index in [0.29, 0.717) is 27.5 Å². The van der Waals surface area contributed by atoms with Crippen LogP contribution >= 0.6 is 11.6 Å². The lowest BCUT2D eigenvalue weighted by Gasteiger charge is -2.08. The molecule has 0 aliphatic carbocycles. The van der Waals surface area contributed by atoms with Crippen LogP contribution in [0.5, 0.6) is 11.5 Å². The number of carbonyl (C=O) groups excluding carboxylic acids is 2. The van der Waals surface area contributed by atoms with Crippen LogP contribution in [0, 0.1) is 0 Å². The molecule has 0 fully saturated rings. The van der Waals surface area contributed by atoms with Crippen molar-refractivity contribution in [3.05, 3.63) is 88.4 Å². The van der Waals surface area contributed by atoms with E-state index in [1.54, 1.807) is 55.5 Å². The van der Waals surface area contributed by atoms with E-state index in [1.165, 1.54) is 12.1 Å². The number of benzene rings is 3. The molecule has 0 heterocycles. The SMILES string of the molecule is C/C(=N\NC(=O)c1cc(O)ccc1O)c1cccc(NC(=O)c2ccc(Cl)cc2)c1. The second-order valence-electron chi connectivity index (χ2n) is 6.38. The van der Waals surface area contributed by atoms with Crippen molar-refractivity contribution < 1.29 is 19.8 Å². The first-order valence-electron chi connectivity index (χ1n) is 8.87. The molecule has 0 aliphatic rings. The highest BCUT2D eigenvalue weighted by molar-refractivity contribution is 6.30. The van der Waals surface area contributed by atoms with Gasteiger partial charge in [0.1, 0.15) is 11.5 Å². The largest absolute Gasteiger partial charge is 0.508 e. The summed E-state index contributed by atoms with van der Waals surface area (Å²) < 4.78 is 0. The lowest BCUT2D eigenvalue weighted by molar-refractivity contribution is 0.0951. The molecule has 0 aromatic heterocycles. The lowest BCUT2D eigenvalue weighted by Crippen LogP contribution is -2.19. The van der Waals surface area contributed by atoms with Crippen molar-refractivity contribution in [2.45, 2.75) is 6.92 Å². The van der Waals surface area contributed by atoms with E-state index in [0.717, 1.165) is 6.07 Å². The van der Waals surface area contributed by atoms with Gasteiger partial charge in [0.05, 0.1) is 11.3 Å². The van der Waals surface area contributed by atoms with E-state index in [4.69, 9.17) is 11.6 Å².